The maximum Gasteiger partial charge on any atom is 0.251 e. The number of hydrogen-bond donors (Lipinski definition) is 2. The fourth-order valence-electron chi connectivity index (χ4n) is 1.92. The van der Waals surface area contributed by atoms with Crippen molar-refractivity contribution in [2.24, 2.45) is 0 Å². The summed E-state index contributed by atoms with van der Waals surface area (Å²) in [6, 6.07) is 16.1. The lowest BCUT2D eigenvalue weighted by Crippen LogP contribution is -2.38. The van der Waals surface area contributed by atoms with Crippen LogP contribution in [0, 0.1) is 0 Å². The summed E-state index contributed by atoms with van der Waals surface area (Å²) in [4.78, 5) is 23.5. The summed E-state index contributed by atoms with van der Waals surface area (Å²) in [7, 11) is 1.55. The second-order valence-electron chi connectivity index (χ2n) is 4.96. The smallest absolute Gasteiger partial charge is 0.251 e. The number of nitrogens with one attached hydrogen (secondary N) is 2. The Kier molecular flexibility index (Phi) is 6.79. The molecular formula is C18H20N2O4. The molecule has 2 aromatic carbocycles. The van der Waals surface area contributed by atoms with E-state index in [0.717, 1.165) is 5.75 Å². The molecule has 0 unspecified atom stereocenters. The van der Waals surface area contributed by atoms with Gasteiger partial charge in [0.15, 0.2) is 0 Å². The van der Waals surface area contributed by atoms with Crippen molar-refractivity contribution in [1.29, 1.82) is 0 Å². The number of rotatable bonds is 8. The first-order chi connectivity index (χ1) is 11.7. The van der Waals surface area contributed by atoms with Crippen molar-refractivity contribution in [3.8, 4) is 11.5 Å². The number of methoxy groups -OCH3 is 1. The molecule has 0 spiro atoms. The van der Waals surface area contributed by atoms with Crippen molar-refractivity contribution in [1.82, 2.24) is 10.6 Å². The number of hydrogen-bond acceptors (Lipinski definition) is 4. The predicted molar refractivity (Wildman–Crippen MR) is 90.2 cm³/mol. The van der Waals surface area contributed by atoms with Gasteiger partial charge in [-0.2, -0.15) is 0 Å². The van der Waals surface area contributed by atoms with E-state index in [4.69, 9.17) is 9.47 Å². The normalized spacial score (nSPS) is 10.0. The van der Waals surface area contributed by atoms with Gasteiger partial charge in [0.1, 0.15) is 11.5 Å². The molecule has 2 aromatic rings. The minimum Gasteiger partial charge on any atom is -0.457 e. The van der Waals surface area contributed by atoms with E-state index in [1.807, 2.05) is 30.3 Å². The van der Waals surface area contributed by atoms with Crippen molar-refractivity contribution in [3.63, 3.8) is 0 Å². The molecule has 0 heterocycles. The van der Waals surface area contributed by atoms with Crippen LogP contribution in [0.5, 0.6) is 11.5 Å². The molecule has 2 rings (SSSR count). The van der Waals surface area contributed by atoms with Gasteiger partial charge in [-0.25, -0.2) is 0 Å². The Bertz CT molecular complexity index is 656. The van der Waals surface area contributed by atoms with Crippen LogP contribution in [0.1, 0.15) is 10.4 Å². The van der Waals surface area contributed by atoms with Crippen LogP contribution in [0.15, 0.2) is 54.6 Å². The van der Waals surface area contributed by atoms with Crippen molar-refractivity contribution in [2.45, 2.75) is 0 Å². The highest BCUT2D eigenvalue weighted by Gasteiger charge is 2.08. The summed E-state index contributed by atoms with van der Waals surface area (Å²) in [6.07, 6.45) is 0. The molecule has 6 nitrogen and oxygen atoms in total. The van der Waals surface area contributed by atoms with Gasteiger partial charge >= 0.3 is 0 Å². The Morgan fingerprint density at radius 3 is 2.25 bits per heavy atom. The lowest BCUT2D eigenvalue weighted by atomic mass is 10.2. The minimum absolute atomic E-state index is 0.0786. The summed E-state index contributed by atoms with van der Waals surface area (Å²) >= 11 is 0. The summed E-state index contributed by atoms with van der Waals surface area (Å²) < 4.78 is 10.5. The van der Waals surface area contributed by atoms with Crippen LogP contribution in [0.25, 0.3) is 0 Å². The largest absolute Gasteiger partial charge is 0.457 e. The van der Waals surface area contributed by atoms with Crippen molar-refractivity contribution in [2.75, 3.05) is 26.8 Å². The number of benzene rings is 2. The molecule has 24 heavy (non-hydrogen) atoms. The molecular weight excluding hydrogens is 308 g/mol. The highest BCUT2D eigenvalue weighted by molar-refractivity contribution is 5.96. The third-order valence-corrected chi connectivity index (χ3v) is 3.13. The SMILES string of the molecule is COCCNC(=O)CNC(=O)c1ccc(Oc2ccccc2)cc1. The second-order valence-corrected chi connectivity index (χ2v) is 4.96. The van der Waals surface area contributed by atoms with Crippen LogP contribution in [-0.4, -0.2) is 38.6 Å². The Balaban J connectivity index is 1.81. The second kappa shape index (κ2) is 9.32. The molecule has 0 saturated carbocycles. The molecule has 0 aliphatic rings. The lowest BCUT2D eigenvalue weighted by Gasteiger charge is -2.08. The Morgan fingerprint density at radius 1 is 0.917 bits per heavy atom. The van der Waals surface area contributed by atoms with Crippen LogP contribution in [0.2, 0.25) is 0 Å². The zero-order chi connectivity index (χ0) is 17.2. The topological polar surface area (TPSA) is 76.7 Å². The zero-order valence-corrected chi connectivity index (χ0v) is 13.5. The van der Waals surface area contributed by atoms with Crippen molar-refractivity contribution >= 4 is 11.8 Å². The van der Waals surface area contributed by atoms with Crippen LogP contribution < -0.4 is 15.4 Å². The molecule has 6 heteroatoms. The summed E-state index contributed by atoms with van der Waals surface area (Å²) in [5.74, 6) is 0.782. The molecule has 0 fully saturated rings. The molecule has 0 aliphatic carbocycles. The first kappa shape index (κ1) is 17.5. The first-order valence-corrected chi connectivity index (χ1v) is 7.56. The van der Waals surface area contributed by atoms with Gasteiger partial charge in [-0.1, -0.05) is 18.2 Å². The van der Waals surface area contributed by atoms with E-state index in [9.17, 15) is 9.59 Å². The number of para-hydroxylation sites is 1. The highest BCUT2D eigenvalue weighted by atomic mass is 16.5. The average molecular weight is 328 g/mol. The summed E-state index contributed by atoms with van der Waals surface area (Å²) in [5.41, 5.74) is 0.458. The Hall–Kier alpha value is -2.86. The molecule has 0 atom stereocenters. The standard InChI is InChI=1S/C18H20N2O4/c1-23-12-11-19-17(21)13-20-18(22)14-7-9-16(10-8-14)24-15-5-3-2-4-6-15/h2-10H,11-13H2,1H3,(H,19,21)(H,20,22). The summed E-state index contributed by atoms with van der Waals surface area (Å²) in [5, 5.41) is 5.19. The number of carbonyl (C=O) groups is 2. The van der Waals surface area contributed by atoms with Crippen LogP contribution in [-0.2, 0) is 9.53 Å². The van der Waals surface area contributed by atoms with Gasteiger partial charge in [-0.05, 0) is 36.4 Å². The van der Waals surface area contributed by atoms with Gasteiger partial charge in [0.25, 0.3) is 5.91 Å². The van der Waals surface area contributed by atoms with E-state index in [1.165, 1.54) is 0 Å². The summed E-state index contributed by atoms with van der Waals surface area (Å²) in [6.45, 7) is 0.768. The average Bonchev–Trinajstić information content (AvgIpc) is 2.61. The minimum atomic E-state index is -0.317. The van der Waals surface area contributed by atoms with Gasteiger partial charge in [0, 0.05) is 19.2 Å². The van der Waals surface area contributed by atoms with E-state index in [2.05, 4.69) is 10.6 Å². The molecule has 0 saturated heterocycles. The van der Waals surface area contributed by atoms with Gasteiger partial charge in [0.05, 0.1) is 13.2 Å². The molecule has 0 bridgehead atoms. The maximum absolute atomic E-state index is 12.0. The van der Waals surface area contributed by atoms with E-state index < -0.39 is 0 Å². The van der Waals surface area contributed by atoms with Crippen LogP contribution >= 0.6 is 0 Å². The van der Waals surface area contributed by atoms with Crippen LogP contribution in [0.4, 0.5) is 0 Å². The maximum atomic E-state index is 12.0. The fourth-order valence-corrected chi connectivity index (χ4v) is 1.92. The molecule has 0 radical (unpaired) electrons. The van der Waals surface area contributed by atoms with Crippen molar-refractivity contribution in [3.05, 3.63) is 60.2 Å². The number of ether oxygens (including phenoxy) is 2. The van der Waals surface area contributed by atoms with E-state index in [1.54, 1.807) is 31.4 Å². The third kappa shape index (κ3) is 5.73. The van der Waals surface area contributed by atoms with Crippen LogP contribution in [0.3, 0.4) is 0 Å². The fraction of sp³-hybridized carbons (Fsp3) is 0.222. The first-order valence-electron chi connectivity index (χ1n) is 7.56. The van der Waals surface area contributed by atoms with Gasteiger partial charge < -0.3 is 20.1 Å². The van der Waals surface area contributed by atoms with E-state index >= 15 is 0 Å². The molecule has 2 N–H and O–H groups in total. The molecule has 0 aromatic heterocycles. The van der Waals surface area contributed by atoms with Gasteiger partial charge in [0.2, 0.25) is 5.91 Å². The molecule has 126 valence electrons. The molecule has 0 aliphatic heterocycles. The quantitative estimate of drug-likeness (QED) is 0.727. The molecule has 2 amide bonds. The van der Waals surface area contributed by atoms with E-state index in [0.29, 0.717) is 24.5 Å². The van der Waals surface area contributed by atoms with E-state index in [-0.39, 0.29) is 18.4 Å². The Morgan fingerprint density at radius 2 is 1.58 bits per heavy atom. The van der Waals surface area contributed by atoms with Crippen molar-refractivity contribution < 1.29 is 19.1 Å². The predicted octanol–water partition coefficient (Wildman–Crippen LogP) is 1.97. The number of carbonyl (C=O) groups excluding carboxylic acids is 2. The van der Waals surface area contributed by atoms with Gasteiger partial charge in [-0.3, -0.25) is 9.59 Å². The highest BCUT2D eigenvalue weighted by Crippen LogP contribution is 2.20. The van der Waals surface area contributed by atoms with Gasteiger partial charge in [-0.15, -0.1) is 0 Å². The lowest BCUT2D eigenvalue weighted by molar-refractivity contribution is -0.120. The zero-order valence-electron chi connectivity index (χ0n) is 13.5. The Labute approximate surface area is 140 Å². The monoisotopic (exact) mass is 328 g/mol. The third-order valence-electron chi connectivity index (χ3n) is 3.13. The number of amides is 2.